The van der Waals surface area contributed by atoms with Crippen LogP contribution in [0.5, 0.6) is 0 Å². The van der Waals surface area contributed by atoms with Gasteiger partial charge in [0.15, 0.2) is 0 Å². The third kappa shape index (κ3) is 38.4. The van der Waals surface area contributed by atoms with Crippen molar-refractivity contribution in [3.05, 3.63) is 0 Å². The molecule has 0 rings (SSSR count). The predicted octanol–water partition coefficient (Wildman–Crippen LogP) is 5.60. The van der Waals surface area contributed by atoms with E-state index in [4.69, 9.17) is 0 Å². The van der Waals surface area contributed by atoms with Gasteiger partial charge in [0.2, 0.25) is 0 Å². The molecule has 0 atom stereocenters. The maximum Gasteiger partial charge on any atom is -0.00484 e. The van der Waals surface area contributed by atoms with Crippen LogP contribution < -0.4 is 21.3 Å². The van der Waals surface area contributed by atoms with Crippen molar-refractivity contribution in [2.75, 3.05) is 52.4 Å². The van der Waals surface area contributed by atoms with E-state index in [0.29, 0.717) is 0 Å². The van der Waals surface area contributed by atoms with Crippen molar-refractivity contribution in [3.8, 4) is 0 Å². The van der Waals surface area contributed by atoms with Crippen molar-refractivity contribution in [1.29, 1.82) is 0 Å². The van der Waals surface area contributed by atoms with Crippen molar-refractivity contribution in [1.82, 2.24) is 21.3 Å². The normalized spacial score (nSPS) is 9.64. The first kappa shape index (κ1) is 40.2. The lowest BCUT2D eigenvalue weighted by Gasteiger charge is -2.06. The molecule has 178 valence electrons. The van der Waals surface area contributed by atoms with Crippen LogP contribution in [-0.2, 0) is 0 Å². The van der Waals surface area contributed by atoms with E-state index < -0.39 is 0 Å². The van der Waals surface area contributed by atoms with E-state index >= 15 is 0 Å². The highest BCUT2D eigenvalue weighted by Crippen LogP contribution is 2.04. The van der Waals surface area contributed by atoms with Crippen LogP contribution in [0.25, 0.3) is 0 Å². The third-order valence-corrected chi connectivity index (χ3v) is 4.37. The smallest absolute Gasteiger partial charge is 0.00484 e. The minimum atomic E-state index is 0. The zero-order chi connectivity index (χ0) is 17.6. The second-order valence-electron chi connectivity index (χ2n) is 6.74. The standard InChI is InChI=1S/C20H46N4.4BrH/c1-3-21-15-11-13-19-23-17-9-7-5-6-8-10-18-24-20-14-12-16-22-4-2;;;;/h21-24H,3-20H2,1-2H3;4*1H. The van der Waals surface area contributed by atoms with Gasteiger partial charge in [-0.05, 0) is 90.9 Å². The molecule has 0 spiro atoms. The fourth-order valence-electron chi connectivity index (χ4n) is 2.81. The van der Waals surface area contributed by atoms with E-state index in [-0.39, 0.29) is 67.9 Å². The minimum Gasteiger partial charge on any atom is -0.317 e. The van der Waals surface area contributed by atoms with Crippen molar-refractivity contribution in [3.63, 3.8) is 0 Å². The molecule has 0 aliphatic carbocycles. The molecule has 0 bridgehead atoms. The molecule has 8 heteroatoms. The van der Waals surface area contributed by atoms with Crippen LogP contribution >= 0.6 is 67.9 Å². The van der Waals surface area contributed by atoms with Gasteiger partial charge in [0.05, 0.1) is 0 Å². The second-order valence-corrected chi connectivity index (χ2v) is 6.74. The number of rotatable bonds is 21. The highest BCUT2D eigenvalue weighted by Gasteiger charge is 1.93. The Morgan fingerprint density at radius 2 is 0.536 bits per heavy atom. The zero-order valence-electron chi connectivity index (χ0n) is 18.4. The van der Waals surface area contributed by atoms with Gasteiger partial charge in [0, 0.05) is 0 Å². The van der Waals surface area contributed by atoms with Crippen molar-refractivity contribution in [2.24, 2.45) is 0 Å². The first-order valence-corrected chi connectivity index (χ1v) is 10.7. The van der Waals surface area contributed by atoms with E-state index in [2.05, 4.69) is 35.1 Å². The van der Waals surface area contributed by atoms with Gasteiger partial charge >= 0.3 is 0 Å². The molecule has 28 heavy (non-hydrogen) atoms. The average molecular weight is 666 g/mol. The van der Waals surface area contributed by atoms with Crippen LogP contribution in [0.2, 0.25) is 0 Å². The quantitative estimate of drug-likeness (QED) is 0.121. The lowest BCUT2D eigenvalue weighted by atomic mass is 10.1. The minimum absolute atomic E-state index is 0. The summed E-state index contributed by atoms with van der Waals surface area (Å²) in [6.45, 7) is 13.7. The molecule has 0 unspecified atom stereocenters. The van der Waals surface area contributed by atoms with E-state index in [1.54, 1.807) is 0 Å². The van der Waals surface area contributed by atoms with Crippen LogP contribution in [0.1, 0.15) is 78.1 Å². The third-order valence-electron chi connectivity index (χ3n) is 4.37. The molecule has 0 aromatic heterocycles. The molecule has 0 aromatic rings. The average Bonchev–Trinajstić information content (AvgIpc) is 2.60. The Balaban J connectivity index is -0.000000441. The van der Waals surface area contributed by atoms with Crippen LogP contribution in [0, 0.1) is 0 Å². The molecule has 0 aliphatic rings. The number of hydrogen-bond donors (Lipinski definition) is 4. The van der Waals surface area contributed by atoms with Gasteiger partial charge in [0.25, 0.3) is 0 Å². The molecule has 0 radical (unpaired) electrons. The van der Waals surface area contributed by atoms with E-state index in [9.17, 15) is 0 Å². The second kappa shape index (κ2) is 39.3. The lowest BCUT2D eigenvalue weighted by molar-refractivity contribution is 0.533. The summed E-state index contributed by atoms with van der Waals surface area (Å²) in [5.41, 5.74) is 0. The van der Waals surface area contributed by atoms with Crippen LogP contribution in [0.3, 0.4) is 0 Å². The number of nitrogens with one attached hydrogen (secondary N) is 4. The molecule has 0 amide bonds. The highest BCUT2D eigenvalue weighted by atomic mass is 79.9. The summed E-state index contributed by atoms with van der Waals surface area (Å²) >= 11 is 0. The molecule has 4 N–H and O–H groups in total. The Hall–Kier alpha value is 1.76. The topological polar surface area (TPSA) is 48.1 Å². The SMILES string of the molecule is Br.Br.Br.Br.CCNCCCCNCCCCCCCCNCCCCNCC. The zero-order valence-corrected chi connectivity index (χ0v) is 25.2. The fourth-order valence-corrected chi connectivity index (χ4v) is 2.81. The van der Waals surface area contributed by atoms with Gasteiger partial charge in [-0.2, -0.15) is 0 Å². The van der Waals surface area contributed by atoms with Gasteiger partial charge in [-0.15, -0.1) is 67.9 Å². The summed E-state index contributed by atoms with van der Waals surface area (Å²) in [6.07, 6.45) is 13.5. The molecular formula is C20H50Br4N4. The molecule has 0 aliphatic heterocycles. The maximum atomic E-state index is 3.56. The summed E-state index contributed by atoms with van der Waals surface area (Å²) in [6, 6.07) is 0. The summed E-state index contributed by atoms with van der Waals surface area (Å²) in [4.78, 5) is 0. The van der Waals surface area contributed by atoms with Crippen LogP contribution in [0.4, 0.5) is 0 Å². The maximum absolute atomic E-state index is 3.56. The van der Waals surface area contributed by atoms with E-state index in [0.717, 1.165) is 13.1 Å². The fraction of sp³-hybridized carbons (Fsp3) is 1.00. The summed E-state index contributed by atoms with van der Waals surface area (Å²) in [5, 5.41) is 13.9. The largest absolute Gasteiger partial charge is 0.317 e. The summed E-state index contributed by atoms with van der Waals surface area (Å²) in [7, 11) is 0. The van der Waals surface area contributed by atoms with Gasteiger partial charge < -0.3 is 21.3 Å². The van der Waals surface area contributed by atoms with E-state index in [1.807, 2.05) is 0 Å². The Labute approximate surface area is 218 Å². The van der Waals surface area contributed by atoms with Gasteiger partial charge in [-0.1, -0.05) is 39.5 Å². The summed E-state index contributed by atoms with van der Waals surface area (Å²) < 4.78 is 0. The molecule has 0 saturated heterocycles. The number of hydrogen-bond acceptors (Lipinski definition) is 4. The van der Waals surface area contributed by atoms with Crippen LogP contribution in [0.15, 0.2) is 0 Å². The molecule has 0 saturated carbocycles. The van der Waals surface area contributed by atoms with Gasteiger partial charge in [-0.25, -0.2) is 0 Å². The molecule has 0 heterocycles. The number of unbranched alkanes of at least 4 members (excludes halogenated alkanes) is 7. The van der Waals surface area contributed by atoms with Gasteiger partial charge in [0.1, 0.15) is 0 Å². The molecule has 4 nitrogen and oxygen atoms in total. The predicted molar refractivity (Wildman–Crippen MR) is 150 cm³/mol. The Morgan fingerprint density at radius 1 is 0.321 bits per heavy atom. The van der Waals surface area contributed by atoms with E-state index in [1.165, 1.54) is 103 Å². The Kier molecular flexibility index (Phi) is 56.3. The Morgan fingerprint density at radius 3 is 0.821 bits per heavy atom. The lowest BCUT2D eigenvalue weighted by Crippen LogP contribution is -2.19. The van der Waals surface area contributed by atoms with Crippen molar-refractivity contribution in [2.45, 2.75) is 78.1 Å². The molecule has 0 aromatic carbocycles. The first-order valence-electron chi connectivity index (χ1n) is 10.7. The van der Waals surface area contributed by atoms with Crippen molar-refractivity contribution >= 4 is 67.9 Å². The number of halogens is 4. The first-order chi connectivity index (χ1) is 11.9. The van der Waals surface area contributed by atoms with Crippen molar-refractivity contribution < 1.29 is 0 Å². The summed E-state index contributed by atoms with van der Waals surface area (Å²) in [5.74, 6) is 0. The van der Waals surface area contributed by atoms with Gasteiger partial charge in [-0.3, -0.25) is 0 Å². The molecular weight excluding hydrogens is 616 g/mol. The Bertz CT molecular complexity index is 206. The monoisotopic (exact) mass is 662 g/mol. The molecule has 0 fully saturated rings. The van der Waals surface area contributed by atoms with Crippen LogP contribution in [-0.4, -0.2) is 52.4 Å². The highest BCUT2D eigenvalue weighted by molar-refractivity contribution is 8.93.